The molecule has 0 spiro atoms. The summed E-state index contributed by atoms with van der Waals surface area (Å²) in [6.45, 7) is 3.34. The van der Waals surface area contributed by atoms with E-state index < -0.39 is 0 Å². The molecule has 3 rings (SSSR count). The van der Waals surface area contributed by atoms with Crippen molar-refractivity contribution in [2.45, 2.75) is 57.9 Å². The predicted octanol–water partition coefficient (Wildman–Crippen LogP) is 3.44. The highest BCUT2D eigenvalue weighted by molar-refractivity contribution is 5.77. The van der Waals surface area contributed by atoms with Gasteiger partial charge < -0.3 is 4.90 Å². The van der Waals surface area contributed by atoms with Gasteiger partial charge in [0.25, 0.3) is 0 Å². The number of fused-ring (bicyclic) bond motifs is 1. The van der Waals surface area contributed by atoms with Gasteiger partial charge >= 0.3 is 0 Å². The zero-order chi connectivity index (χ0) is 14.7. The van der Waals surface area contributed by atoms with Gasteiger partial charge in [0, 0.05) is 31.4 Å². The van der Waals surface area contributed by atoms with Crippen molar-refractivity contribution >= 4 is 5.91 Å². The normalized spacial score (nSPS) is 29.0. The van der Waals surface area contributed by atoms with Crippen LogP contribution in [0.15, 0.2) is 24.5 Å². The summed E-state index contributed by atoms with van der Waals surface area (Å²) >= 11 is 0. The summed E-state index contributed by atoms with van der Waals surface area (Å²) in [6.07, 6.45) is 11.4. The van der Waals surface area contributed by atoms with Crippen molar-refractivity contribution in [1.29, 1.82) is 0 Å². The van der Waals surface area contributed by atoms with Crippen LogP contribution in [-0.2, 0) is 11.2 Å². The van der Waals surface area contributed by atoms with Crippen LogP contribution in [0.3, 0.4) is 0 Å². The van der Waals surface area contributed by atoms with E-state index in [1.807, 2.05) is 12.1 Å². The fraction of sp³-hybridized carbons (Fsp3) is 0.667. The number of amides is 1. The second-order valence-electron chi connectivity index (χ2n) is 6.83. The van der Waals surface area contributed by atoms with Gasteiger partial charge in [0.15, 0.2) is 0 Å². The Morgan fingerprint density at radius 2 is 2.10 bits per heavy atom. The van der Waals surface area contributed by atoms with Crippen LogP contribution in [0.4, 0.5) is 0 Å². The van der Waals surface area contributed by atoms with Gasteiger partial charge in [-0.2, -0.15) is 0 Å². The summed E-state index contributed by atoms with van der Waals surface area (Å²) in [5.74, 6) is 1.96. The molecule has 2 heterocycles. The van der Waals surface area contributed by atoms with Gasteiger partial charge in [0.05, 0.1) is 0 Å². The first-order chi connectivity index (χ1) is 10.2. The van der Waals surface area contributed by atoms with Gasteiger partial charge in [-0.15, -0.1) is 0 Å². The zero-order valence-electron chi connectivity index (χ0n) is 13.0. The summed E-state index contributed by atoms with van der Waals surface area (Å²) < 4.78 is 0. The van der Waals surface area contributed by atoms with Crippen molar-refractivity contribution in [2.75, 3.05) is 6.54 Å². The van der Waals surface area contributed by atoms with E-state index in [1.54, 1.807) is 12.4 Å². The molecule has 1 saturated heterocycles. The molecule has 114 valence electrons. The molecule has 0 radical (unpaired) electrons. The number of nitrogens with zero attached hydrogens (tertiary/aromatic N) is 2. The first-order valence-electron chi connectivity index (χ1n) is 8.42. The molecule has 1 aliphatic heterocycles. The van der Waals surface area contributed by atoms with E-state index in [1.165, 1.54) is 37.7 Å². The van der Waals surface area contributed by atoms with E-state index >= 15 is 0 Å². The fourth-order valence-electron chi connectivity index (χ4n) is 4.15. The molecule has 0 aromatic carbocycles. The second-order valence-corrected chi connectivity index (χ2v) is 6.83. The van der Waals surface area contributed by atoms with E-state index in [2.05, 4.69) is 16.8 Å². The number of piperidine rings is 1. The molecular formula is C18H26N2O. The van der Waals surface area contributed by atoms with Crippen molar-refractivity contribution in [2.24, 2.45) is 11.8 Å². The molecule has 0 bridgehead atoms. The van der Waals surface area contributed by atoms with Gasteiger partial charge in [0.1, 0.15) is 0 Å². The minimum Gasteiger partial charge on any atom is -0.339 e. The van der Waals surface area contributed by atoms with E-state index in [9.17, 15) is 4.79 Å². The van der Waals surface area contributed by atoms with E-state index in [0.29, 0.717) is 18.4 Å². The van der Waals surface area contributed by atoms with Crippen molar-refractivity contribution in [3.05, 3.63) is 30.1 Å². The largest absolute Gasteiger partial charge is 0.339 e. The molecule has 1 aromatic heterocycles. The van der Waals surface area contributed by atoms with E-state index in [-0.39, 0.29) is 0 Å². The number of pyridine rings is 1. The fourth-order valence-corrected chi connectivity index (χ4v) is 4.15. The Hall–Kier alpha value is -1.38. The van der Waals surface area contributed by atoms with E-state index in [4.69, 9.17) is 0 Å². The lowest BCUT2D eigenvalue weighted by atomic mass is 9.74. The lowest BCUT2D eigenvalue weighted by molar-refractivity contribution is -0.137. The molecule has 1 aromatic rings. The van der Waals surface area contributed by atoms with Crippen molar-refractivity contribution < 1.29 is 4.79 Å². The predicted molar refractivity (Wildman–Crippen MR) is 83.8 cm³/mol. The van der Waals surface area contributed by atoms with Gasteiger partial charge in [-0.05, 0) is 68.1 Å². The molecule has 1 aliphatic carbocycles. The number of likely N-dealkylation sites (tertiary alicyclic amines) is 1. The first kappa shape index (κ1) is 14.6. The van der Waals surface area contributed by atoms with Crippen LogP contribution < -0.4 is 0 Å². The highest BCUT2D eigenvalue weighted by atomic mass is 16.2. The van der Waals surface area contributed by atoms with Gasteiger partial charge in [-0.3, -0.25) is 9.78 Å². The Labute approximate surface area is 127 Å². The quantitative estimate of drug-likeness (QED) is 0.852. The topological polar surface area (TPSA) is 33.2 Å². The van der Waals surface area contributed by atoms with E-state index in [0.717, 1.165) is 24.8 Å². The SMILES string of the molecule is C[C@@H]1CC[C@H]2[C@@H](CCCN2C(=O)CCc2ccncc2)C1. The standard InChI is InChI=1S/C18H26N2O/c1-14-4-6-17-16(13-14)3-2-12-20(17)18(21)7-5-15-8-10-19-11-9-15/h8-11,14,16-17H,2-7,12-13H2,1H3/t14-,16+,17+/m1/s1. The van der Waals surface area contributed by atoms with Crippen LogP contribution in [0, 0.1) is 11.8 Å². The molecular weight excluding hydrogens is 260 g/mol. The highest BCUT2D eigenvalue weighted by Gasteiger charge is 2.37. The zero-order valence-corrected chi connectivity index (χ0v) is 13.0. The Bertz CT molecular complexity index is 473. The molecule has 3 atom stereocenters. The maximum Gasteiger partial charge on any atom is 0.223 e. The summed E-state index contributed by atoms with van der Waals surface area (Å²) in [4.78, 5) is 18.9. The molecule has 2 aliphatic rings. The average Bonchev–Trinajstić information content (AvgIpc) is 2.52. The minimum absolute atomic E-state index is 0.357. The smallest absolute Gasteiger partial charge is 0.223 e. The average molecular weight is 286 g/mol. The molecule has 1 saturated carbocycles. The lowest BCUT2D eigenvalue weighted by Crippen LogP contribution is -2.50. The van der Waals surface area contributed by atoms with Crippen LogP contribution in [0.25, 0.3) is 0 Å². The molecule has 2 fully saturated rings. The number of aryl methyl sites for hydroxylation is 1. The maximum atomic E-state index is 12.6. The first-order valence-corrected chi connectivity index (χ1v) is 8.42. The van der Waals surface area contributed by atoms with Crippen LogP contribution in [-0.4, -0.2) is 28.4 Å². The number of carbonyl (C=O) groups is 1. The monoisotopic (exact) mass is 286 g/mol. The second kappa shape index (κ2) is 6.59. The Morgan fingerprint density at radius 3 is 2.90 bits per heavy atom. The van der Waals surface area contributed by atoms with Crippen molar-refractivity contribution in [3.8, 4) is 0 Å². The summed E-state index contributed by atoms with van der Waals surface area (Å²) in [5.41, 5.74) is 1.21. The Balaban J connectivity index is 1.58. The molecule has 0 N–H and O–H groups in total. The number of rotatable bonds is 3. The van der Waals surface area contributed by atoms with Crippen molar-refractivity contribution in [1.82, 2.24) is 9.88 Å². The third-order valence-electron chi connectivity index (χ3n) is 5.28. The Morgan fingerprint density at radius 1 is 1.29 bits per heavy atom. The third kappa shape index (κ3) is 3.45. The van der Waals surface area contributed by atoms with Gasteiger partial charge in [0.2, 0.25) is 5.91 Å². The summed E-state index contributed by atoms with van der Waals surface area (Å²) in [7, 11) is 0. The molecule has 3 heteroatoms. The van der Waals surface area contributed by atoms with Crippen LogP contribution in [0.1, 0.15) is 51.0 Å². The van der Waals surface area contributed by atoms with Crippen LogP contribution in [0.2, 0.25) is 0 Å². The number of hydrogen-bond donors (Lipinski definition) is 0. The number of carbonyl (C=O) groups excluding carboxylic acids is 1. The van der Waals surface area contributed by atoms with Gasteiger partial charge in [-0.1, -0.05) is 6.92 Å². The summed E-state index contributed by atoms with van der Waals surface area (Å²) in [6, 6.07) is 4.54. The van der Waals surface area contributed by atoms with Crippen molar-refractivity contribution in [3.63, 3.8) is 0 Å². The third-order valence-corrected chi connectivity index (χ3v) is 5.28. The maximum absolute atomic E-state index is 12.6. The summed E-state index contributed by atoms with van der Waals surface area (Å²) in [5, 5.41) is 0. The molecule has 1 amide bonds. The molecule has 0 unspecified atom stereocenters. The minimum atomic E-state index is 0.357. The number of hydrogen-bond acceptors (Lipinski definition) is 2. The lowest BCUT2D eigenvalue weighted by Gasteiger charge is -2.45. The highest BCUT2D eigenvalue weighted by Crippen LogP contribution is 2.38. The number of aromatic nitrogens is 1. The molecule has 21 heavy (non-hydrogen) atoms. The molecule has 3 nitrogen and oxygen atoms in total. The Kier molecular flexibility index (Phi) is 4.57. The van der Waals surface area contributed by atoms with Gasteiger partial charge in [-0.25, -0.2) is 0 Å². The van der Waals surface area contributed by atoms with Crippen LogP contribution >= 0.6 is 0 Å². The van der Waals surface area contributed by atoms with Crippen LogP contribution in [0.5, 0.6) is 0 Å².